The lowest BCUT2D eigenvalue weighted by atomic mass is 10.2. The zero-order chi connectivity index (χ0) is 18.8. The van der Waals surface area contributed by atoms with E-state index in [0.29, 0.717) is 0 Å². The molecule has 0 saturated heterocycles. The van der Waals surface area contributed by atoms with Crippen LogP contribution in [-0.4, -0.2) is 41.5 Å². The first-order chi connectivity index (χ1) is 12.7. The molecule has 2 aromatic carbocycles. The molecule has 0 fully saturated rings. The number of rotatable bonds is 11. The summed E-state index contributed by atoms with van der Waals surface area (Å²) in [5.41, 5.74) is 2.20. The first-order valence-electron chi connectivity index (χ1n) is 8.55. The van der Waals surface area contributed by atoms with Crippen LogP contribution in [0.2, 0.25) is 0 Å². The fraction of sp³-hybridized carbons (Fsp3) is 0.400. The van der Waals surface area contributed by atoms with Crippen molar-refractivity contribution in [2.75, 3.05) is 41.5 Å². The molecule has 2 N–H and O–H groups in total. The summed E-state index contributed by atoms with van der Waals surface area (Å²) in [6, 6.07) is 11.7. The minimum absolute atomic E-state index is 0.737. The van der Waals surface area contributed by atoms with Crippen molar-refractivity contribution in [2.24, 2.45) is 0 Å². The van der Waals surface area contributed by atoms with Crippen LogP contribution in [0.15, 0.2) is 36.4 Å². The maximum atomic E-state index is 5.41. The van der Waals surface area contributed by atoms with E-state index in [4.69, 9.17) is 18.9 Å². The fourth-order valence-corrected chi connectivity index (χ4v) is 2.62. The number of benzene rings is 2. The zero-order valence-electron chi connectivity index (χ0n) is 15.9. The minimum Gasteiger partial charge on any atom is -0.497 e. The lowest BCUT2D eigenvalue weighted by Crippen LogP contribution is -2.27. The van der Waals surface area contributed by atoms with Gasteiger partial charge in [-0.25, -0.2) is 0 Å². The van der Waals surface area contributed by atoms with Crippen LogP contribution in [-0.2, 0) is 13.1 Å². The summed E-state index contributed by atoms with van der Waals surface area (Å²) in [4.78, 5) is 0. The molecular formula is C20H28N2O4. The molecule has 0 saturated carbocycles. The number of ether oxygens (including phenoxy) is 4. The zero-order valence-corrected chi connectivity index (χ0v) is 15.9. The van der Waals surface area contributed by atoms with Gasteiger partial charge in [0.1, 0.15) is 23.0 Å². The highest BCUT2D eigenvalue weighted by molar-refractivity contribution is 5.41. The molecule has 6 heteroatoms. The van der Waals surface area contributed by atoms with Gasteiger partial charge in [-0.15, -0.1) is 0 Å². The summed E-state index contributed by atoms with van der Waals surface area (Å²) >= 11 is 0. The Morgan fingerprint density at radius 3 is 1.38 bits per heavy atom. The Hall–Kier alpha value is -2.44. The van der Waals surface area contributed by atoms with Crippen LogP contribution in [0.25, 0.3) is 0 Å². The lowest BCUT2D eigenvalue weighted by molar-refractivity contribution is 0.388. The summed E-state index contributed by atoms with van der Waals surface area (Å²) in [6.45, 7) is 3.16. The van der Waals surface area contributed by atoms with Gasteiger partial charge in [0, 0.05) is 49.4 Å². The maximum Gasteiger partial charge on any atom is 0.127 e. The molecule has 142 valence electrons. The Bertz CT molecular complexity index is 632. The van der Waals surface area contributed by atoms with Crippen LogP contribution in [0.4, 0.5) is 0 Å². The van der Waals surface area contributed by atoms with Gasteiger partial charge < -0.3 is 29.6 Å². The van der Waals surface area contributed by atoms with Crippen molar-refractivity contribution >= 4 is 0 Å². The van der Waals surface area contributed by atoms with E-state index in [0.717, 1.165) is 60.3 Å². The predicted molar refractivity (Wildman–Crippen MR) is 103 cm³/mol. The third kappa shape index (κ3) is 5.54. The molecule has 0 spiro atoms. The van der Waals surface area contributed by atoms with Crippen molar-refractivity contribution in [1.82, 2.24) is 10.6 Å². The van der Waals surface area contributed by atoms with Crippen LogP contribution in [0.5, 0.6) is 23.0 Å². The van der Waals surface area contributed by atoms with Crippen molar-refractivity contribution < 1.29 is 18.9 Å². The molecule has 2 aromatic rings. The van der Waals surface area contributed by atoms with E-state index >= 15 is 0 Å². The molecule has 0 aliphatic heterocycles. The van der Waals surface area contributed by atoms with Crippen LogP contribution in [0.3, 0.4) is 0 Å². The van der Waals surface area contributed by atoms with Gasteiger partial charge >= 0.3 is 0 Å². The second-order valence-corrected chi connectivity index (χ2v) is 5.71. The molecule has 0 atom stereocenters. The van der Waals surface area contributed by atoms with Crippen LogP contribution >= 0.6 is 0 Å². The number of methoxy groups -OCH3 is 4. The van der Waals surface area contributed by atoms with E-state index in [-0.39, 0.29) is 0 Å². The third-order valence-corrected chi connectivity index (χ3v) is 4.10. The normalized spacial score (nSPS) is 10.5. The summed E-state index contributed by atoms with van der Waals surface area (Å²) in [7, 11) is 6.64. The van der Waals surface area contributed by atoms with E-state index in [1.54, 1.807) is 28.4 Å². The van der Waals surface area contributed by atoms with Crippen molar-refractivity contribution in [1.29, 1.82) is 0 Å². The van der Waals surface area contributed by atoms with Gasteiger partial charge in [-0.2, -0.15) is 0 Å². The Labute approximate surface area is 155 Å². The van der Waals surface area contributed by atoms with Gasteiger partial charge in [0.25, 0.3) is 0 Å². The molecule has 2 rings (SSSR count). The molecule has 0 bridgehead atoms. The lowest BCUT2D eigenvalue weighted by Gasteiger charge is -2.13. The van der Waals surface area contributed by atoms with Gasteiger partial charge in [-0.05, 0) is 12.1 Å². The smallest absolute Gasteiger partial charge is 0.127 e. The standard InChI is InChI=1S/C20H28N2O4/c1-23-17-7-5-15(19(11-17)25-3)13-21-9-10-22-14-16-6-8-18(24-2)12-20(16)26-4/h5-8,11-12,21-22H,9-10,13-14H2,1-4H3. The number of nitrogens with one attached hydrogen (secondary N) is 2. The summed E-state index contributed by atoms with van der Waals surface area (Å²) in [6.07, 6.45) is 0. The molecule has 0 aliphatic rings. The van der Waals surface area contributed by atoms with E-state index in [1.807, 2.05) is 36.4 Å². The molecule has 0 aliphatic carbocycles. The Balaban J connectivity index is 1.75. The fourth-order valence-electron chi connectivity index (χ4n) is 2.62. The summed E-state index contributed by atoms with van der Waals surface area (Å²) in [5.74, 6) is 3.24. The van der Waals surface area contributed by atoms with Crippen LogP contribution in [0, 0.1) is 0 Å². The van der Waals surface area contributed by atoms with Crippen molar-refractivity contribution in [3.8, 4) is 23.0 Å². The van der Waals surface area contributed by atoms with Gasteiger partial charge in [0.05, 0.1) is 28.4 Å². The van der Waals surface area contributed by atoms with Gasteiger partial charge in [-0.1, -0.05) is 12.1 Å². The molecule has 0 heterocycles. The predicted octanol–water partition coefficient (Wildman–Crippen LogP) is 2.60. The van der Waals surface area contributed by atoms with E-state index in [9.17, 15) is 0 Å². The average Bonchev–Trinajstić information content (AvgIpc) is 2.70. The number of hydrogen-bond donors (Lipinski definition) is 2. The monoisotopic (exact) mass is 360 g/mol. The number of hydrogen-bond acceptors (Lipinski definition) is 6. The van der Waals surface area contributed by atoms with Gasteiger partial charge in [0.15, 0.2) is 0 Å². The maximum absolute atomic E-state index is 5.41. The summed E-state index contributed by atoms with van der Waals surface area (Å²) in [5, 5.41) is 6.82. The quantitative estimate of drug-likeness (QED) is 0.601. The molecular weight excluding hydrogens is 332 g/mol. The van der Waals surface area contributed by atoms with Crippen molar-refractivity contribution in [3.63, 3.8) is 0 Å². The third-order valence-electron chi connectivity index (χ3n) is 4.10. The van der Waals surface area contributed by atoms with E-state index in [1.165, 1.54) is 0 Å². The van der Waals surface area contributed by atoms with Gasteiger partial charge in [0.2, 0.25) is 0 Å². The second-order valence-electron chi connectivity index (χ2n) is 5.71. The SMILES string of the molecule is COc1ccc(CNCCNCc2ccc(OC)cc2OC)c(OC)c1. The van der Waals surface area contributed by atoms with Gasteiger partial charge in [-0.3, -0.25) is 0 Å². The van der Waals surface area contributed by atoms with E-state index < -0.39 is 0 Å². The Morgan fingerprint density at radius 2 is 1.04 bits per heavy atom. The molecule has 0 radical (unpaired) electrons. The molecule has 0 aromatic heterocycles. The minimum atomic E-state index is 0.737. The Morgan fingerprint density at radius 1 is 0.615 bits per heavy atom. The van der Waals surface area contributed by atoms with Crippen molar-refractivity contribution in [2.45, 2.75) is 13.1 Å². The summed E-state index contributed by atoms with van der Waals surface area (Å²) < 4.78 is 21.2. The molecule has 6 nitrogen and oxygen atoms in total. The first kappa shape index (κ1) is 19.9. The average molecular weight is 360 g/mol. The van der Waals surface area contributed by atoms with E-state index in [2.05, 4.69) is 10.6 Å². The first-order valence-corrected chi connectivity index (χ1v) is 8.55. The highest BCUT2D eigenvalue weighted by Gasteiger charge is 2.06. The van der Waals surface area contributed by atoms with Crippen molar-refractivity contribution in [3.05, 3.63) is 47.5 Å². The van der Waals surface area contributed by atoms with Crippen LogP contribution < -0.4 is 29.6 Å². The highest BCUT2D eigenvalue weighted by Crippen LogP contribution is 2.25. The highest BCUT2D eigenvalue weighted by atomic mass is 16.5. The molecule has 0 amide bonds. The largest absolute Gasteiger partial charge is 0.497 e. The molecule has 0 unspecified atom stereocenters. The molecule has 26 heavy (non-hydrogen) atoms. The second kappa shape index (κ2) is 10.5. The van der Waals surface area contributed by atoms with Crippen LogP contribution in [0.1, 0.15) is 11.1 Å². The Kier molecular flexibility index (Phi) is 8.05. The topological polar surface area (TPSA) is 61.0 Å².